The summed E-state index contributed by atoms with van der Waals surface area (Å²) in [6.45, 7) is 4.07. The molecule has 1 aromatic carbocycles. The number of H-pyrrole nitrogens is 1. The lowest BCUT2D eigenvalue weighted by Crippen LogP contribution is -2.10. The summed E-state index contributed by atoms with van der Waals surface area (Å²) in [7, 11) is -1.26. The van der Waals surface area contributed by atoms with Gasteiger partial charge in [-0.2, -0.15) is 0 Å². The van der Waals surface area contributed by atoms with Crippen molar-refractivity contribution in [3.8, 4) is 22.5 Å². The van der Waals surface area contributed by atoms with Gasteiger partial charge in [-0.1, -0.05) is 0 Å². The van der Waals surface area contributed by atoms with E-state index < -0.39 is 10.8 Å². The smallest absolute Gasteiger partial charge is 0.197 e. The summed E-state index contributed by atoms with van der Waals surface area (Å²) in [5.41, 5.74) is 2.97. The molecule has 3 rings (SSSR count). The van der Waals surface area contributed by atoms with Crippen LogP contribution in [0.2, 0.25) is 0 Å². The van der Waals surface area contributed by atoms with Crippen LogP contribution in [0.1, 0.15) is 13.8 Å². The van der Waals surface area contributed by atoms with Crippen molar-refractivity contribution in [1.29, 1.82) is 0 Å². The monoisotopic (exact) mass is 358 g/mol. The van der Waals surface area contributed by atoms with E-state index in [1.165, 1.54) is 12.1 Å². The van der Waals surface area contributed by atoms with Gasteiger partial charge in [-0.05, 0) is 50.2 Å². The summed E-state index contributed by atoms with van der Waals surface area (Å²) >= 11 is 0. The van der Waals surface area contributed by atoms with Gasteiger partial charge in [-0.25, -0.2) is 14.4 Å². The van der Waals surface area contributed by atoms with Crippen molar-refractivity contribution in [2.24, 2.45) is 0 Å². The maximum Gasteiger partial charge on any atom is 0.197 e. The van der Waals surface area contributed by atoms with E-state index in [1.54, 1.807) is 24.6 Å². The second kappa shape index (κ2) is 7.14. The lowest BCUT2D eigenvalue weighted by molar-refractivity contribution is 0.628. The van der Waals surface area contributed by atoms with E-state index in [-0.39, 0.29) is 11.9 Å². The molecule has 0 bridgehead atoms. The van der Waals surface area contributed by atoms with Crippen LogP contribution in [-0.4, -0.2) is 31.5 Å². The van der Waals surface area contributed by atoms with Crippen LogP contribution in [0.15, 0.2) is 47.8 Å². The van der Waals surface area contributed by atoms with Crippen molar-refractivity contribution < 1.29 is 8.60 Å². The fourth-order valence-electron chi connectivity index (χ4n) is 2.47. The molecule has 130 valence electrons. The van der Waals surface area contributed by atoms with E-state index in [2.05, 4.69) is 20.3 Å². The molecule has 7 heteroatoms. The number of rotatable bonds is 5. The Bertz CT molecular complexity index is 906. The third kappa shape index (κ3) is 3.93. The molecule has 2 N–H and O–H groups in total. The highest BCUT2D eigenvalue weighted by Gasteiger charge is 2.16. The van der Waals surface area contributed by atoms with Crippen LogP contribution >= 0.6 is 0 Å². The zero-order valence-corrected chi connectivity index (χ0v) is 15.0. The SMILES string of the molecule is CC(C)Nc1cc(-c2nc([S@@](C)=O)[nH]c2-c2ccc(F)cc2)ccn1. The third-order valence-electron chi connectivity index (χ3n) is 3.56. The first-order valence-corrected chi connectivity index (χ1v) is 9.42. The second-order valence-corrected chi connectivity index (χ2v) is 7.25. The topological polar surface area (TPSA) is 70.7 Å². The summed E-state index contributed by atoms with van der Waals surface area (Å²) in [5, 5.41) is 3.63. The number of anilines is 1. The molecule has 0 aliphatic carbocycles. The molecule has 1 atom stereocenters. The number of hydrogen-bond acceptors (Lipinski definition) is 4. The molecular weight excluding hydrogens is 339 g/mol. The van der Waals surface area contributed by atoms with Gasteiger partial charge in [-0.15, -0.1) is 0 Å². The Morgan fingerprint density at radius 2 is 1.88 bits per heavy atom. The van der Waals surface area contributed by atoms with Crippen molar-refractivity contribution in [2.75, 3.05) is 11.6 Å². The molecule has 0 fully saturated rings. The molecule has 0 saturated heterocycles. The normalized spacial score (nSPS) is 12.4. The first-order chi connectivity index (χ1) is 11.9. The lowest BCUT2D eigenvalue weighted by atomic mass is 10.1. The van der Waals surface area contributed by atoms with Gasteiger partial charge in [-0.3, -0.25) is 4.21 Å². The number of benzene rings is 1. The highest BCUT2D eigenvalue weighted by molar-refractivity contribution is 7.84. The average Bonchev–Trinajstić information content (AvgIpc) is 3.01. The largest absolute Gasteiger partial charge is 0.368 e. The Balaban J connectivity index is 2.11. The molecule has 2 aromatic heterocycles. The molecule has 0 unspecified atom stereocenters. The lowest BCUT2D eigenvalue weighted by Gasteiger charge is -2.10. The summed E-state index contributed by atoms with van der Waals surface area (Å²) in [4.78, 5) is 11.9. The number of imidazole rings is 1. The minimum Gasteiger partial charge on any atom is -0.368 e. The van der Waals surface area contributed by atoms with E-state index in [1.807, 2.05) is 26.0 Å². The van der Waals surface area contributed by atoms with Gasteiger partial charge in [0.05, 0.1) is 22.2 Å². The van der Waals surface area contributed by atoms with Crippen LogP contribution in [0.3, 0.4) is 0 Å². The van der Waals surface area contributed by atoms with Crippen molar-refractivity contribution in [2.45, 2.75) is 25.0 Å². The summed E-state index contributed by atoms with van der Waals surface area (Å²) in [6.07, 6.45) is 3.26. The molecule has 2 heterocycles. The Morgan fingerprint density at radius 3 is 2.52 bits per heavy atom. The van der Waals surface area contributed by atoms with Crippen LogP contribution in [-0.2, 0) is 10.8 Å². The van der Waals surface area contributed by atoms with Gasteiger partial charge in [0.25, 0.3) is 0 Å². The van der Waals surface area contributed by atoms with E-state index in [0.29, 0.717) is 16.5 Å². The zero-order chi connectivity index (χ0) is 18.0. The molecule has 0 saturated carbocycles. The molecule has 0 radical (unpaired) electrons. The number of hydrogen-bond donors (Lipinski definition) is 2. The Labute approximate surface area is 148 Å². The first-order valence-electron chi connectivity index (χ1n) is 7.86. The second-order valence-electron chi connectivity index (χ2n) is 5.96. The van der Waals surface area contributed by atoms with Gasteiger partial charge in [0, 0.05) is 29.6 Å². The first kappa shape index (κ1) is 17.3. The summed E-state index contributed by atoms with van der Waals surface area (Å²) in [5.74, 6) is 0.427. The van der Waals surface area contributed by atoms with Gasteiger partial charge >= 0.3 is 0 Å². The zero-order valence-electron chi connectivity index (χ0n) is 14.2. The summed E-state index contributed by atoms with van der Waals surface area (Å²) in [6, 6.07) is 10.1. The molecule has 0 amide bonds. The molecule has 0 spiro atoms. The quantitative estimate of drug-likeness (QED) is 0.727. The van der Waals surface area contributed by atoms with Crippen LogP contribution in [0.4, 0.5) is 10.2 Å². The molecule has 5 nitrogen and oxygen atoms in total. The van der Waals surface area contributed by atoms with Crippen LogP contribution in [0.5, 0.6) is 0 Å². The van der Waals surface area contributed by atoms with E-state index >= 15 is 0 Å². The Hall–Kier alpha value is -2.54. The number of aromatic nitrogens is 3. The summed E-state index contributed by atoms with van der Waals surface area (Å²) < 4.78 is 25.1. The number of nitrogens with zero attached hydrogens (tertiary/aromatic N) is 2. The maximum atomic E-state index is 13.2. The molecular formula is C18H19FN4OS. The number of aromatic amines is 1. The molecule has 25 heavy (non-hydrogen) atoms. The number of pyridine rings is 1. The minimum absolute atomic E-state index is 0.247. The Kier molecular flexibility index (Phi) is 4.94. The van der Waals surface area contributed by atoms with Gasteiger partial charge in [0.15, 0.2) is 5.16 Å². The van der Waals surface area contributed by atoms with Gasteiger partial charge in [0.1, 0.15) is 11.6 Å². The maximum absolute atomic E-state index is 13.2. The fraction of sp³-hybridized carbons (Fsp3) is 0.222. The number of nitrogens with one attached hydrogen (secondary N) is 2. The molecule has 0 aliphatic rings. The van der Waals surface area contributed by atoms with Crippen molar-refractivity contribution >= 4 is 16.6 Å². The van der Waals surface area contributed by atoms with Crippen molar-refractivity contribution in [1.82, 2.24) is 15.0 Å². The van der Waals surface area contributed by atoms with Crippen LogP contribution < -0.4 is 5.32 Å². The van der Waals surface area contributed by atoms with E-state index in [0.717, 1.165) is 16.9 Å². The van der Waals surface area contributed by atoms with Crippen LogP contribution in [0.25, 0.3) is 22.5 Å². The average molecular weight is 358 g/mol. The third-order valence-corrected chi connectivity index (χ3v) is 4.30. The highest BCUT2D eigenvalue weighted by atomic mass is 32.2. The van der Waals surface area contributed by atoms with Crippen molar-refractivity contribution in [3.63, 3.8) is 0 Å². The van der Waals surface area contributed by atoms with E-state index in [4.69, 9.17) is 0 Å². The fourth-order valence-corrected chi connectivity index (χ4v) is 2.94. The highest BCUT2D eigenvalue weighted by Crippen LogP contribution is 2.31. The van der Waals surface area contributed by atoms with Crippen LogP contribution in [0, 0.1) is 5.82 Å². The standard InChI is InChI=1S/C18H19FN4OS/c1-11(2)21-15-10-13(8-9-20-15)17-16(22-18(23-17)25(3)24)12-4-6-14(19)7-5-12/h4-11H,1-3H3,(H,20,21)(H,22,23)/t25-/m1/s1. The van der Waals surface area contributed by atoms with Crippen molar-refractivity contribution in [3.05, 3.63) is 48.4 Å². The predicted molar refractivity (Wildman–Crippen MR) is 98.3 cm³/mol. The minimum atomic E-state index is -1.26. The predicted octanol–water partition coefficient (Wildman–Crippen LogP) is 3.84. The van der Waals surface area contributed by atoms with Gasteiger partial charge < -0.3 is 10.3 Å². The van der Waals surface area contributed by atoms with E-state index in [9.17, 15) is 8.60 Å². The Morgan fingerprint density at radius 1 is 1.16 bits per heavy atom. The number of halogens is 1. The van der Waals surface area contributed by atoms with Gasteiger partial charge in [0.2, 0.25) is 0 Å². The molecule has 0 aliphatic heterocycles. The molecule has 3 aromatic rings.